The van der Waals surface area contributed by atoms with Crippen molar-refractivity contribution in [1.29, 1.82) is 0 Å². The third kappa shape index (κ3) is 3.70. The van der Waals surface area contributed by atoms with E-state index in [9.17, 15) is 14.9 Å². The summed E-state index contributed by atoms with van der Waals surface area (Å²) >= 11 is 5.89. The molecule has 0 aromatic heterocycles. The van der Waals surface area contributed by atoms with Gasteiger partial charge < -0.3 is 5.32 Å². The number of hydrogen-bond donors (Lipinski definition) is 1. The van der Waals surface area contributed by atoms with E-state index in [0.717, 1.165) is 6.42 Å². The lowest BCUT2D eigenvalue weighted by Gasteiger charge is -2.09. The van der Waals surface area contributed by atoms with Gasteiger partial charge >= 0.3 is 0 Å². The molecule has 1 aromatic carbocycles. The normalized spacial score (nSPS) is 11.9. The second-order valence-corrected chi connectivity index (χ2v) is 4.59. The third-order valence-corrected chi connectivity index (χ3v) is 3.05. The summed E-state index contributed by atoms with van der Waals surface area (Å²) in [6, 6.07) is 4.28. The van der Waals surface area contributed by atoms with Gasteiger partial charge in [0.15, 0.2) is 0 Å². The number of nitrogens with one attached hydrogen (secondary N) is 1. The fourth-order valence-electron chi connectivity index (χ4n) is 1.45. The topological polar surface area (TPSA) is 72.2 Å². The Morgan fingerprint density at radius 3 is 2.72 bits per heavy atom. The quantitative estimate of drug-likeness (QED) is 0.508. The monoisotopic (exact) mass is 270 g/mol. The molecule has 0 aliphatic heterocycles. The molecular weight excluding hydrogens is 256 g/mol. The maximum Gasteiger partial charge on any atom is 0.272 e. The number of carbonyl (C=O) groups is 1. The van der Waals surface area contributed by atoms with Crippen LogP contribution in [0.3, 0.4) is 0 Å². The van der Waals surface area contributed by atoms with Crippen molar-refractivity contribution in [3.63, 3.8) is 0 Å². The summed E-state index contributed by atoms with van der Waals surface area (Å²) < 4.78 is 0. The van der Waals surface area contributed by atoms with Crippen molar-refractivity contribution in [2.45, 2.75) is 25.6 Å². The molecule has 0 bridgehead atoms. The van der Waals surface area contributed by atoms with Crippen molar-refractivity contribution in [3.05, 3.63) is 39.4 Å². The molecule has 1 amide bonds. The Hall–Kier alpha value is -1.62. The number of benzene rings is 1. The molecule has 6 heteroatoms. The van der Waals surface area contributed by atoms with Crippen LogP contribution in [-0.4, -0.2) is 22.8 Å². The largest absolute Gasteiger partial charge is 0.351 e. The summed E-state index contributed by atoms with van der Waals surface area (Å²) in [5.41, 5.74) is 0.874. The Balaban J connectivity index is 2.76. The zero-order valence-corrected chi connectivity index (χ0v) is 11.0. The maximum absolute atomic E-state index is 11.8. The van der Waals surface area contributed by atoms with E-state index in [2.05, 4.69) is 5.32 Å². The summed E-state index contributed by atoms with van der Waals surface area (Å²) in [4.78, 5) is 21.9. The Morgan fingerprint density at radius 1 is 1.56 bits per heavy atom. The molecule has 0 saturated heterocycles. The Kier molecular flexibility index (Phi) is 5.09. The van der Waals surface area contributed by atoms with Crippen LogP contribution in [0.15, 0.2) is 18.2 Å². The van der Waals surface area contributed by atoms with E-state index < -0.39 is 4.92 Å². The smallest absolute Gasteiger partial charge is 0.272 e. The number of nitro groups is 1. The first-order valence-electron chi connectivity index (χ1n) is 5.63. The standard InChI is InChI=1S/C12H15ClN2O3/c1-3-10(13)7-14-12(16)9-4-5-11(15(17)18)8(2)6-9/h4-6,10H,3,7H2,1-2H3,(H,14,16). The number of rotatable bonds is 5. The van der Waals surface area contributed by atoms with Gasteiger partial charge in [-0.2, -0.15) is 0 Å². The predicted molar refractivity (Wildman–Crippen MR) is 70.1 cm³/mol. The number of aryl methyl sites for hydroxylation is 1. The highest BCUT2D eigenvalue weighted by Crippen LogP contribution is 2.18. The zero-order chi connectivity index (χ0) is 13.7. The van der Waals surface area contributed by atoms with Gasteiger partial charge in [0.2, 0.25) is 0 Å². The van der Waals surface area contributed by atoms with E-state index in [4.69, 9.17) is 11.6 Å². The second kappa shape index (κ2) is 6.35. The average molecular weight is 271 g/mol. The van der Waals surface area contributed by atoms with E-state index in [1.807, 2.05) is 6.92 Å². The molecular formula is C12H15ClN2O3. The van der Waals surface area contributed by atoms with Crippen LogP contribution in [0.2, 0.25) is 0 Å². The van der Waals surface area contributed by atoms with Crippen LogP contribution in [0.5, 0.6) is 0 Å². The van der Waals surface area contributed by atoms with Gasteiger partial charge in [-0.25, -0.2) is 0 Å². The summed E-state index contributed by atoms with van der Waals surface area (Å²) in [6.07, 6.45) is 0.765. The molecule has 98 valence electrons. The number of alkyl halides is 1. The van der Waals surface area contributed by atoms with Gasteiger partial charge in [-0.1, -0.05) is 6.92 Å². The molecule has 0 saturated carbocycles. The number of nitrogens with zero attached hydrogens (tertiary/aromatic N) is 1. The molecule has 0 aliphatic rings. The van der Waals surface area contributed by atoms with E-state index in [-0.39, 0.29) is 17.0 Å². The van der Waals surface area contributed by atoms with Crippen molar-refractivity contribution in [1.82, 2.24) is 5.32 Å². The second-order valence-electron chi connectivity index (χ2n) is 3.97. The van der Waals surface area contributed by atoms with E-state index in [0.29, 0.717) is 17.7 Å². The minimum absolute atomic E-state index is 0.00956. The van der Waals surface area contributed by atoms with Crippen LogP contribution >= 0.6 is 11.6 Å². The fourth-order valence-corrected chi connectivity index (χ4v) is 1.53. The summed E-state index contributed by atoms with van der Waals surface area (Å²) in [5.74, 6) is -0.271. The van der Waals surface area contributed by atoms with Crippen molar-refractivity contribution >= 4 is 23.2 Å². The van der Waals surface area contributed by atoms with Gasteiger partial charge in [0.05, 0.1) is 10.3 Å². The van der Waals surface area contributed by atoms with Gasteiger partial charge in [-0.05, 0) is 25.5 Å². The average Bonchev–Trinajstić information content (AvgIpc) is 2.34. The zero-order valence-electron chi connectivity index (χ0n) is 10.3. The molecule has 18 heavy (non-hydrogen) atoms. The highest BCUT2D eigenvalue weighted by molar-refractivity contribution is 6.20. The maximum atomic E-state index is 11.8. The Labute approximate surface area is 110 Å². The molecule has 0 spiro atoms. The highest BCUT2D eigenvalue weighted by Gasteiger charge is 2.14. The van der Waals surface area contributed by atoms with Crippen molar-refractivity contribution < 1.29 is 9.72 Å². The van der Waals surface area contributed by atoms with Gasteiger partial charge in [-0.15, -0.1) is 11.6 Å². The molecule has 1 rings (SSSR count). The number of carbonyl (C=O) groups excluding carboxylic acids is 1. The van der Waals surface area contributed by atoms with E-state index in [1.165, 1.54) is 18.2 Å². The molecule has 0 radical (unpaired) electrons. The third-order valence-electron chi connectivity index (χ3n) is 2.58. The lowest BCUT2D eigenvalue weighted by molar-refractivity contribution is -0.385. The van der Waals surface area contributed by atoms with Gasteiger partial charge in [0, 0.05) is 23.7 Å². The van der Waals surface area contributed by atoms with Gasteiger partial charge in [0.25, 0.3) is 11.6 Å². The first-order chi connectivity index (χ1) is 8.45. The summed E-state index contributed by atoms with van der Waals surface area (Å²) in [7, 11) is 0. The first-order valence-corrected chi connectivity index (χ1v) is 6.06. The lowest BCUT2D eigenvalue weighted by atomic mass is 10.1. The Morgan fingerprint density at radius 2 is 2.22 bits per heavy atom. The first kappa shape index (κ1) is 14.4. The lowest BCUT2D eigenvalue weighted by Crippen LogP contribution is -2.29. The van der Waals surface area contributed by atoms with Crippen LogP contribution < -0.4 is 5.32 Å². The summed E-state index contributed by atoms with van der Waals surface area (Å²) in [5, 5.41) is 13.2. The number of amides is 1. The molecule has 1 atom stereocenters. The molecule has 0 aliphatic carbocycles. The van der Waals surface area contributed by atoms with Crippen LogP contribution in [0, 0.1) is 17.0 Å². The van der Waals surface area contributed by atoms with Gasteiger partial charge in [0.1, 0.15) is 0 Å². The molecule has 0 fully saturated rings. The molecule has 1 N–H and O–H groups in total. The Bertz CT molecular complexity index is 463. The van der Waals surface area contributed by atoms with Gasteiger partial charge in [-0.3, -0.25) is 14.9 Å². The number of halogens is 1. The van der Waals surface area contributed by atoms with E-state index in [1.54, 1.807) is 6.92 Å². The molecule has 1 aromatic rings. The summed E-state index contributed by atoms with van der Waals surface area (Å²) in [6.45, 7) is 3.91. The van der Waals surface area contributed by atoms with Crippen LogP contribution in [0.1, 0.15) is 29.3 Å². The number of hydrogen-bond acceptors (Lipinski definition) is 3. The van der Waals surface area contributed by atoms with Crippen molar-refractivity contribution in [2.75, 3.05) is 6.54 Å². The fraction of sp³-hybridized carbons (Fsp3) is 0.417. The van der Waals surface area contributed by atoms with Crippen LogP contribution in [0.4, 0.5) is 5.69 Å². The molecule has 5 nitrogen and oxygen atoms in total. The minimum Gasteiger partial charge on any atom is -0.351 e. The highest BCUT2D eigenvalue weighted by atomic mass is 35.5. The molecule has 1 unspecified atom stereocenters. The number of nitro benzene ring substituents is 1. The SMILES string of the molecule is CCC(Cl)CNC(=O)c1ccc([N+](=O)[O-])c(C)c1. The molecule has 0 heterocycles. The predicted octanol–water partition coefficient (Wildman–Crippen LogP) is 2.65. The van der Waals surface area contributed by atoms with Crippen molar-refractivity contribution in [3.8, 4) is 0 Å². The van der Waals surface area contributed by atoms with E-state index >= 15 is 0 Å². The minimum atomic E-state index is -0.469. The van der Waals surface area contributed by atoms with Crippen LogP contribution in [0.25, 0.3) is 0 Å². The van der Waals surface area contributed by atoms with Crippen LogP contribution in [-0.2, 0) is 0 Å². The van der Waals surface area contributed by atoms with Crippen molar-refractivity contribution in [2.24, 2.45) is 0 Å².